The predicted molar refractivity (Wildman–Crippen MR) is 70.5 cm³/mol. The molecule has 0 aromatic heterocycles. The van der Waals surface area contributed by atoms with Gasteiger partial charge in [-0.1, -0.05) is 32.0 Å². The lowest BCUT2D eigenvalue weighted by molar-refractivity contribution is -0.130. The second-order valence-electron chi connectivity index (χ2n) is 4.87. The number of benzene rings is 1. The highest BCUT2D eigenvalue weighted by Gasteiger charge is 2.33. The molecule has 1 aliphatic rings. The van der Waals surface area contributed by atoms with Crippen molar-refractivity contribution < 1.29 is 9.59 Å². The van der Waals surface area contributed by atoms with E-state index in [1.165, 1.54) is 0 Å². The van der Waals surface area contributed by atoms with E-state index in [1.807, 2.05) is 24.3 Å². The van der Waals surface area contributed by atoms with Crippen LogP contribution in [-0.2, 0) is 9.59 Å². The van der Waals surface area contributed by atoms with Gasteiger partial charge < -0.3 is 5.32 Å². The van der Waals surface area contributed by atoms with Gasteiger partial charge in [-0.3, -0.25) is 14.5 Å². The van der Waals surface area contributed by atoms with Crippen LogP contribution in [-0.4, -0.2) is 24.4 Å². The Bertz CT molecular complexity index is 482. The Balaban J connectivity index is 2.46. The van der Waals surface area contributed by atoms with Crippen molar-refractivity contribution in [2.45, 2.75) is 32.7 Å². The summed E-state index contributed by atoms with van der Waals surface area (Å²) >= 11 is 0. The van der Waals surface area contributed by atoms with Gasteiger partial charge in [0.1, 0.15) is 6.04 Å². The molecule has 96 valence electrons. The summed E-state index contributed by atoms with van der Waals surface area (Å²) in [7, 11) is 0. The van der Waals surface area contributed by atoms with Gasteiger partial charge >= 0.3 is 0 Å². The van der Waals surface area contributed by atoms with E-state index in [-0.39, 0.29) is 18.4 Å². The van der Waals surface area contributed by atoms with Gasteiger partial charge in [-0.25, -0.2) is 0 Å². The molecule has 4 heteroatoms. The molecule has 1 aromatic carbocycles. The van der Waals surface area contributed by atoms with Gasteiger partial charge in [0.2, 0.25) is 11.8 Å². The first-order valence-electron chi connectivity index (χ1n) is 6.21. The predicted octanol–water partition coefficient (Wildman–Crippen LogP) is 1.66. The first kappa shape index (κ1) is 12.6. The van der Waals surface area contributed by atoms with Crippen LogP contribution >= 0.6 is 0 Å². The number of para-hydroxylation sites is 1. The minimum absolute atomic E-state index is 0.0600. The lowest BCUT2D eigenvalue weighted by atomic mass is 9.99. The third kappa shape index (κ3) is 2.10. The number of nitrogens with one attached hydrogen (secondary N) is 1. The van der Waals surface area contributed by atoms with E-state index >= 15 is 0 Å². The van der Waals surface area contributed by atoms with E-state index in [0.717, 1.165) is 11.3 Å². The number of piperazine rings is 1. The zero-order chi connectivity index (χ0) is 13.3. The zero-order valence-electron chi connectivity index (χ0n) is 10.9. The fourth-order valence-electron chi connectivity index (χ4n) is 2.27. The molecule has 1 unspecified atom stereocenters. The molecule has 0 saturated carbocycles. The number of carbonyl (C=O) groups excluding carboxylic acids is 2. The van der Waals surface area contributed by atoms with Crippen LogP contribution in [0.15, 0.2) is 24.3 Å². The van der Waals surface area contributed by atoms with Crippen molar-refractivity contribution in [1.82, 2.24) is 5.32 Å². The molecule has 0 spiro atoms. The van der Waals surface area contributed by atoms with Crippen molar-refractivity contribution in [3.8, 4) is 0 Å². The van der Waals surface area contributed by atoms with Gasteiger partial charge in [-0.15, -0.1) is 0 Å². The van der Waals surface area contributed by atoms with Crippen LogP contribution in [0.4, 0.5) is 5.69 Å². The van der Waals surface area contributed by atoms with Gasteiger partial charge in [0, 0.05) is 5.69 Å². The monoisotopic (exact) mass is 246 g/mol. The summed E-state index contributed by atoms with van der Waals surface area (Å²) in [6.07, 6.45) is 0. The number of rotatable bonds is 2. The van der Waals surface area contributed by atoms with E-state index in [2.05, 4.69) is 19.2 Å². The normalized spacial score (nSPS) is 20.2. The van der Waals surface area contributed by atoms with Crippen LogP contribution < -0.4 is 10.2 Å². The standard InChI is InChI=1S/C14H18N2O2/c1-9(2)11-6-4-5-7-12(11)16-10(3)14(18)15-8-13(16)17/h4-7,9-10H,8H2,1-3H3,(H,15,18). The van der Waals surface area contributed by atoms with Crippen LogP contribution in [0, 0.1) is 0 Å². The van der Waals surface area contributed by atoms with Crippen LogP contribution in [0.3, 0.4) is 0 Å². The van der Waals surface area contributed by atoms with Crippen molar-refractivity contribution >= 4 is 17.5 Å². The van der Waals surface area contributed by atoms with Crippen molar-refractivity contribution in [3.63, 3.8) is 0 Å². The summed E-state index contributed by atoms with van der Waals surface area (Å²) in [6.45, 7) is 6.00. The minimum Gasteiger partial charge on any atom is -0.345 e. The first-order valence-corrected chi connectivity index (χ1v) is 6.21. The molecule has 18 heavy (non-hydrogen) atoms. The van der Waals surface area contributed by atoms with E-state index in [4.69, 9.17) is 0 Å². The summed E-state index contributed by atoms with van der Waals surface area (Å²) in [6, 6.07) is 7.31. The lowest BCUT2D eigenvalue weighted by Gasteiger charge is -2.34. The molecule has 1 aliphatic heterocycles. The third-order valence-electron chi connectivity index (χ3n) is 3.27. The third-order valence-corrected chi connectivity index (χ3v) is 3.27. The molecule has 1 heterocycles. The molecule has 1 aromatic rings. The Morgan fingerprint density at radius 3 is 2.61 bits per heavy atom. The number of hydrogen-bond donors (Lipinski definition) is 1. The molecular weight excluding hydrogens is 228 g/mol. The molecule has 2 rings (SSSR count). The van der Waals surface area contributed by atoms with E-state index in [9.17, 15) is 9.59 Å². The zero-order valence-corrected chi connectivity index (χ0v) is 10.9. The van der Waals surface area contributed by atoms with Gasteiger partial charge in [0.15, 0.2) is 0 Å². The Hall–Kier alpha value is -1.84. The molecule has 2 amide bonds. The fourth-order valence-corrected chi connectivity index (χ4v) is 2.27. The first-order chi connectivity index (χ1) is 8.52. The maximum atomic E-state index is 12.0. The number of amides is 2. The van der Waals surface area contributed by atoms with Gasteiger partial charge in [0.05, 0.1) is 6.54 Å². The number of hydrogen-bond acceptors (Lipinski definition) is 2. The highest BCUT2D eigenvalue weighted by molar-refractivity contribution is 6.06. The highest BCUT2D eigenvalue weighted by Crippen LogP contribution is 2.29. The van der Waals surface area contributed by atoms with Crippen molar-refractivity contribution in [3.05, 3.63) is 29.8 Å². The summed E-state index contributed by atoms with van der Waals surface area (Å²) in [5, 5.41) is 2.60. The van der Waals surface area contributed by atoms with Crippen LogP contribution in [0.5, 0.6) is 0 Å². The molecule has 1 N–H and O–H groups in total. The quantitative estimate of drug-likeness (QED) is 0.862. The van der Waals surface area contributed by atoms with Crippen LogP contribution in [0.1, 0.15) is 32.3 Å². The van der Waals surface area contributed by atoms with Crippen molar-refractivity contribution in [2.75, 3.05) is 11.4 Å². The summed E-state index contributed by atoms with van der Waals surface area (Å²) in [4.78, 5) is 25.3. The van der Waals surface area contributed by atoms with Crippen molar-refractivity contribution in [2.24, 2.45) is 0 Å². The second-order valence-corrected chi connectivity index (χ2v) is 4.87. The fraction of sp³-hybridized carbons (Fsp3) is 0.429. The molecular formula is C14H18N2O2. The number of carbonyl (C=O) groups is 2. The summed E-state index contributed by atoms with van der Waals surface area (Å²) < 4.78 is 0. The Labute approximate surface area is 107 Å². The average molecular weight is 246 g/mol. The molecule has 1 fully saturated rings. The Morgan fingerprint density at radius 1 is 1.28 bits per heavy atom. The smallest absolute Gasteiger partial charge is 0.247 e. The Morgan fingerprint density at radius 2 is 1.94 bits per heavy atom. The van der Waals surface area contributed by atoms with E-state index in [1.54, 1.807) is 11.8 Å². The lowest BCUT2D eigenvalue weighted by Crippen LogP contribution is -2.57. The molecule has 0 radical (unpaired) electrons. The molecule has 0 bridgehead atoms. The van der Waals surface area contributed by atoms with Crippen LogP contribution in [0.25, 0.3) is 0 Å². The number of anilines is 1. The Kier molecular flexibility index (Phi) is 3.36. The largest absolute Gasteiger partial charge is 0.345 e. The molecule has 1 atom stereocenters. The van der Waals surface area contributed by atoms with Crippen molar-refractivity contribution in [1.29, 1.82) is 0 Å². The topological polar surface area (TPSA) is 49.4 Å². The molecule has 1 saturated heterocycles. The number of nitrogens with zero attached hydrogens (tertiary/aromatic N) is 1. The van der Waals surface area contributed by atoms with Crippen LogP contribution in [0.2, 0.25) is 0 Å². The van der Waals surface area contributed by atoms with E-state index < -0.39 is 6.04 Å². The van der Waals surface area contributed by atoms with Gasteiger partial charge in [-0.2, -0.15) is 0 Å². The molecule has 4 nitrogen and oxygen atoms in total. The SMILES string of the molecule is CC(C)c1ccccc1N1C(=O)CNC(=O)C1C. The maximum Gasteiger partial charge on any atom is 0.247 e. The summed E-state index contributed by atoms with van der Waals surface area (Å²) in [5.41, 5.74) is 1.94. The maximum absolute atomic E-state index is 12.0. The summed E-state index contributed by atoms with van der Waals surface area (Å²) in [5.74, 6) is 0.148. The average Bonchev–Trinajstić information content (AvgIpc) is 2.35. The van der Waals surface area contributed by atoms with Gasteiger partial charge in [-0.05, 0) is 24.5 Å². The van der Waals surface area contributed by atoms with E-state index in [0.29, 0.717) is 5.92 Å². The minimum atomic E-state index is -0.453. The highest BCUT2D eigenvalue weighted by atomic mass is 16.2. The molecule has 0 aliphatic carbocycles. The van der Waals surface area contributed by atoms with Gasteiger partial charge in [0.25, 0.3) is 0 Å². The second kappa shape index (κ2) is 4.80.